The van der Waals surface area contributed by atoms with Gasteiger partial charge < -0.3 is 19.7 Å². The first kappa shape index (κ1) is 16.0. The van der Waals surface area contributed by atoms with Crippen LogP contribution in [0.15, 0.2) is 18.2 Å². The predicted molar refractivity (Wildman–Crippen MR) is 97.9 cm³/mol. The number of methoxy groups -OCH3 is 2. The number of ether oxygens (including phenoxy) is 2. The Morgan fingerprint density at radius 1 is 1.04 bits per heavy atom. The summed E-state index contributed by atoms with van der Waals surface area (Å²) in [6, 6.07) is 6.22. The topological polar surface area (TPSA) is 59.5 Å². The Morgan fingerprint density at radius 2 is 1.76 bits per heavy atom. The number of hydrogen-bond donors (Lipinski definition) is 1. The minimum atomic E-state index is 0.536. The molecule has 1 aliphatic carbocycles. The van der Waals surface area contributed by atoms with Crippen molar-refractivity contribution in [2.45, 2.75) is 31.7 Å². The van der Waals surface area contributed by atoms with Crippen molar-refractivity contribution in [3.63, 3.8) is 0 Å². The van der Waals surface area contributed by atoms with Gasteiger partial charge in [-0.3, -0.25) is 0 Å². The number of nitrogens with zero attached hydrogens (tertiary/aromatic N) is 3. The van der Waals surface area contributed by atoms with Crippen LogP contribution in [-0.2, 0) is 13.0 Å². The maximum atomic E-state index is 5.46. The molecule has 4 rings (SSSR count). The van der Waals surface area contributed by atoms with Crippen LogP contribution >= 0.6 is 0 Å². The zero-order valence-electron chi connectivity index (χ0n) is 15.0. The van der Waals surface area contributed by atoms with Crippen LogP contribution in [0.1, 0.15) is 35.7 Å². The van der Waals surface area contributed by atoms with E-state index in [1.54, 1.807) is 14.2 Å². The van der Waals surface area contributed by atoms with Gasteiger partial charge in [-0.15, -0.1) is 0 Å². The summed E-state index contributed by atoms with van der Waals surface area (Å²) in [6.07, 6.45) is 3.37. The molecule has 1 fully saturated rings. The van der Waals surface area contributed by atoms with Crippen molar-refractivity contribution in [2.75, 3.05) is 38.0 Å². The van der Waals surface area contributed by atoms with E-state index < -0.39 is 0 Å². The van der Waals surface area contributed by atoms with E-state index in [1.165, 1.54) is 24.0 Å². The van der Waals surface area contributed by atoms with Crippen molar-refractivity contribution in [1.82, 2.24) is 9.97 Å². The molecule has 1 N–H and O–H groups in total. The molecule has 1 aromatic carbocycles. The number of fused-ring (bicyclic) bond motifs is 1. The van der Waals surface area contributed by atoms with Gasteiger partial charge in [0.2, 0.25) is 0 Å². The summed E-state index contributed by atoms with van der Waals surface area (Å²) in [5.74, 6) is 4.98. The van der Waals surface area contributed by atoms with Crippen LogP contribution in [-0.4, -0.2) is 37.8 Å². The summed E-state index contributed by atoms with van der Waals surface area (Å²) < 4.78 is 10.9. The number of nitrogens with one attached hydrogen (secondary N) is 1. The van der Waals surface area contributed by atoms with Crippen molar-refractivity contribution in [2.24, 2.45) is 0 Å². The third-order valence-corrected chi connectivity index (χ3v) is 4.97. The number of benzene rings is 1. The summed E-state index contributed by atoms with van der Waals surface area (Å²) in [4.78, 5) is 11.8. The van der Waals surface area contributed by atoms with Gasteiger partial charge in [-0.05, 0) is 42.5 Å². The van der Waals surface area contributed by atoms with E-state index in [0.29, 0.717) is 5.92 Å². The Kier molecular flexibility index (Phi) is 4.11. The van der Waals surface area contributed by atoms with Crippen molar-refractivity contribution < 1.29 is 9.47 Å². The third kappa shape index (κ3) is 3.08. The summed E-state index contributed by atoms with van der Waals surface area (Å²) in [5.41, 5.74) is 2.58. The van der Waals surface area contributed by atoms with Gasteiger partial charge in [0, 0.05) is 32.1 Å². The molecule has 0 bridgehead atoms. The lowest BCUT2D eigenvalue weighted by atomic mass is 9.99. The molecule has 0 atom stereocenters. The largest absolute Gasteiger partial charge is 0.493 e. The molecule has 132 valence electrons. The maximum Gasteiger partial charge on any atom is 0.161 e. The molecule has 25 heavy (non-hydrogen) atoms. The van der Waals surface area contributed by atoms with Gasteiger partial charge >= 0.3 is 0 Å². The number of hydrogen-bond acceptors (Lipinski definition) is 6. The van der Waals surface area contributed by atoms with Crippen molar-refractivity contribution in [3.8, 4) is 11.5 Å². The fourth-order valence-corrected chi connectivity index (χ4v) is 3.35. The SMILES string of the molecule is CNc1cc(N2CCc3cc(OC)c(OC)cc3C2)nc(C2CC2)n1. The molecule has 0 unspecified atom stereocenters. The average Bonchev–Trinajstić information content (AvgIpc) is 3.51. The number of rotatable bonds is 5. The zero-order chi connectivity index (χ0) is 17.4. The monoisotopic (exact) mass is 340 g/mol. The molecule has 1 saturated carbocycles. The Hall–Kier alpha value is -2.50. The molecule has 1 aliphatic heterocycles. The maximum absolute atomic E-state index is 5.46. The van der Waals surface area contributed by atoms with Gasteiger partial charge in [0.25, 0.3) is 0 Å². The second-order valence-corrected chi connectivity index (χ2v) is 6.64. The summed E-state index contributed by atoms with van der Waals surface area (Å²) in [6.45, 7) is 1.76. The van der Waals surface area contributed by atoms with Crippen LogP contribution in [0, 0.1) is 0 Å². The zero-order valence-corrected chi connectivity index (χ0v) is 15.0. The molecule has 1 aromatic heterocycles. The van der Waals surface area contributed by atoms with E-state index in [2.05, 4.69) is 27.3 Å². The minimum Gasteiger partial charge on any atom is -0.493 e. The van der Waals surface area contributed by atoms with Crippen molar-refractivity contribution in [1.29, 1.82) is 0 Å². The van der Waals surface area contributed by atoms with Gasteiger partial charge in [-0.25, -0.2) is 9.97 Å². The standard InChI is InChI=1S/C19H24N4O2/c1-20-17-10-18(22-19(21-17)12-4-5-12)23-7-6-13-8-15(24-2)16(25-3)9-14(13)11-23/h8-10,12H,4-7,11H2,1-3H3,(H,20,21,22). The lowest BCUT2D eigenvalue weighted by Crippen LogP contribution is -2.31. The number of aromatic nitrogens is 2. The molecule has 2 aromatic rings. The van der Waals surface area contributed by atoms with Crippen molar-refractivity contribution >= 4 is 11.6 Å². The molecular formula is C19H24N4O2. The Balaban J connectivity index is 1.65. The van der Waals surface area contributed by atoms with Crippen molar-refractivity contribution in [3.05, 3.63) is 35.2 Å². The highest BCUT2D eigenvalue weighted by atomic mass is 16.5. The van der Waals surface area contributed by atoms with E-state index in [4.69, 9.17) is 14.5 Å². The van der Waals surface area contributed by atoms with Gasteiger partial charge in [-0.1, -0.05) is 0 Å². The molecule has 0 saturated heterocycles. The lowest BCUT2D eigenvalue weighted by molar-refractivity contribution is 0.353. The summed E-state index contributed by atoms with van der Waals surface area (Å²) in [5, 5.41) is 3.17. The first-order valence-electron chi connectivity index (χ1n) is 8.77. The third-order valence-electron chi connectivity index (χ3n) is 4.97. The molecule has 6 nitrogen and oxygen atoms in total. The first-order chi connectivity index (χ1) is 12.2. The van der Waals surface area contributed by atoms with E-state index in [9.17, 15) is 0 Å². The van der Waals surface area contributed by atoms with Gasteiger partial charge in [0.15, 0.2) is 11.5 Å². The van der Waals surface area contributed by atoms with Gasteiger partial charge in [0.05, 0.1) is 14.2 Å². The van der Waals surface area contributed by atoms with Crippen LogP contribution in [0.2, 0.25) is 0 Å². The Labute approximate surface area is 148 Å². The highest BCUT2D eigenvalue weighted by Crippen LogP contribution is 2.40. The fourth-order valence-electron chi connectivity index (χ4n) is 3.35. The number of anilines is 2. The van der Waals surface area contributed by atoms with Crippen LogP contribution in [0.25, 0.3) is 0 Å². The fraction of sp³-hybridized carbons (Fsp3) is 0.474. The second kappa shape index (κ2) is 6.43. The molecule has 0 radical (unpaired) electrons. The summed E-state index contributed by atoms with van der Waals surface area (Å²) >= 11 is 0. The van der Waals surface area contributed by atoms with Crippen LogP contribution < -0.4 is 19.7 Å². The smallest absolute Gasteiger partial charge is 0.161 e. The highest BCUT2D eigenvalue weighted by molar-refractivity contribution is 5.54. The average molecular weight is 340 g/mol. The van der Waals surface area contributed by atoms with Crippen LogP contribution in [0.4, 0.5) is 11.6 Å². The molecule has 2 aliphatic rings. The van der Waals surface area contributed by atoms with E-state index in [1.807, 2.05) is 13.1 Å². The predicted octanol–water partition coefficient (Wildman–Crippen LogP) is 2.98. The second-order valence-electron chi connectivity index (χ2n) is 6.64. The van der Waals surface area contributed by atoms with E-state index in [-0.39, 0.29) is 0 Å². The van der Waals surface area contributed by atoms with Crippen LogP contribution in [0.5, 0.6) is 11.5 Å². The molecular weight excluding hydrogens is 316 g/mol. The van der Waals surface area contributed by atoms with Gasteiger partial charge in [0.1, 0.15) is 17.5 Å². The normalized spacial score (nSPS) is 16.4. The van der Waals surface area contributed by atoms with Crippen LogP contribution in [0.3, 0.4) is 0 Å². The Bertz CT molecular complexity index is 789. The molecule has 0 amide bonds. The molecule has 6 heteroatoms. The van der Waals surface area contributed by atoms with E-state index in [0.717, 1.165) is 48.5 Å². The lowest BCUT2D eigenvalue weighted by Gasteiger charge is -2.31. The quantitative estimate of drug-likeness (QED) is 0.903. The van der Waals surface area contributed by atoms with Gasteiger partial charge in [-0.2, -0.15) is 0 Å². The highest BCUT2D eigenvalue weighted by Gasteiger charge is 2.28. The minimum absolute atomic E-state index is 0.536. The first-order valence-corrected chi connectivity index (χ1v) is 8.77. The summed E-state index contributed by atoms with van der Waals surface area (Å²) in [7, 11) is 5.26. The van der Waals surface area contributed by atoms with E-state index >= 15 is 0 Å². The Morgan fingerprint density at radius 3 is 2.40 bits per heavy atom. The molecule has 2 heterocycles. The molecule has 0 spiro atoms.